The number of hydrogen-bond donors (Lipinski definition) is 2. The molecule has 0 atom stereocenters. The largest absolute Gasteiger partial charge is 0.476 e. The minimum atomic E-state index is -0.000872. The zero-order chi connectivity index (χ0) is 14.3. The van der Waals surface area contributed by atoms with Crippen LogP contribution in [0.3, 0.4) is 0 Å². The molecule has 1 aromatic rings. The minimum absolute atomic E-state index is 0.000872. The molecule has 1 aromatic heterocycles. The summed E-state index contributed by atoms with van der Waals surface area (Å²) in [4.78, 5) is 0. The molecule has 0 saturated heterocycles. The van der Waals surface area contributed by atoms with Crippen LogP contribution >= 0.6 is 0 Å². The van der Waals surface area contributed by atoms with Gasteiger partial charge >= 0.3 is 0 Å². The third-order valence-electron chi connectivity index (χ3n) is 3.02. The molecule has 0 bridgehead atoms. The van der Waals surface area contributed by atoms with Gasteiger partial charge in [0.1, 0.15) is 0 Å². The van der Waals surface area contributed by atoms with Crippen LogP contribution in [0.2, 0.25) is 0 Å². The number of nitrogens with two attached hydrogens (primary N) is 1. The number of oxime groups is 1. The van der Waals surface area contributed by atoms with Crippen molar-refractivity contribution in [3.8, 4) is 5.88 Å². The minimum Gasteiger partial charge on any atom is -0.476 e. The van der Waals surface area contributed by atoms with Crippen molar-refractivity contribution in [1.82, 2.24) is 10.2 Å². The van der Waals surface area contributed by atoms with Crippen molar-refractivity contribution < 1.29 is 9.94 Å². The molecule has 0 aliphatic rings. The van der Waals surface area contributed by atoms with E-state index in [0.717, 1.165) is 24.1 Å². The van der Waals surface area contributed by atoms with Crippen LogP contribution in [0.1, 0.15) is 49.4 Å². The van der Waals surface area contributed by atoms with E-state index in [0.29, 0.717) is 18.1 Å². The molecule has 1 rings (SSSR count). The van der Waals surface area contributed by atoms with Crippen LogP contribution in [-0.2, 0) is 0 Å². The van der Waals surface area contributed by atoms with Crippen molar-refractivity contribution >= 4 is 5.84 Å². The van der Waals surface area contributed by atoms with Crippen molar-refractivity contribution in [3.05, 3.63) is 16.8 Å². The summed E-state index contributed by atoms with van der Waals surface area (Å²) < 4.78 is 5.60. The number of hydrogen-bond acceptors (Lipinski definition) is 5. The second-order valence-electron chi connectivity index (χ2n) is 4.48. The molecule has 0 fully saturated rings. The summed E-state index contributed by atoms with van der Waals surface area (Å²) in [5.41, 5.74) is 7.74. The molecule has 0 amide bonds. The highest BCUT2D eigenvalue weighted by Gasteiger charge is 2.16. The van der Waals surface area contributed by atoms with Crippen molar-refractivity contribution in [3.63, 3.8) is 0 Å². The Balaban J connectivity index is 2.80. The SMILES string of the molecule is CCCCCCOc1nnc(C)c(C)c1/C(N)=N/O. The molecule has 0 aliphatic carbocycles. The molecule has 106 valence electrons. The van der Waals surface area contributed by atoms with Crippen molar-refractivity contribution in [1.29, 1.82) is 0 Å². The number of aryl methyl sites for hydroxylation is 1. The first-order chi connectivity index (χ1) is 9.11. The fourth-order valence-corrected chi connectivity index (χ4v) is 1.74. The first-order valence-electron chi connectivity index (χ1n) is 6.56. The highest BCUT2D eigenvalue weighted by Crippen LogP contribution is 2.20. The summed E-state index contributed by atoms with van der Waals surface area (Å²) in [5.74, 6) is 0.328. The van der Waals surface area contributed by atoms with Crippen LogP contribution in [0.5, 0.6) is 5.88 Å². The lowest BCUT2D eigenvalue weighted by atomic mass is 10.1. The molecule has 6 nitrogen and oxygen atoms in total. The standard InChI is InChI=1S/C13H22N4O2/c1-4-5-6-7-8-19-13-11(12(14)17-18)9(2)10(3)15-16-13/h18H,4-8H2,1-3H3,(H2,14,17). The van der Waals surface area contributed by atoms with Crippen LogP contribution in [0.15, 0.2) is 5.16 Å². The topological polar surface area (TPSA) is 93.6 Å². The molecule has 1 heterocycles. The summed E-state index contributed by atoms with van der Waals surface area (Å²) in [6.45, 7) is 6.39. The number of amidine groups is 1. The highest BCUT2D eigenvalue weighted by atomic mass is 16.5. The summed E-state index contributed by atoms with van der Waals surface area (Å²) in [5, 5.41) is 19.8. The van der Waals surface area contributed by atoms with Gasteiger partial charge < -0.3 is 15.7 Å². The summed E-state index contributed by atoms with van der Waals surface area (Å²) in [7, 11) is 0. The van der Waals surface area contributed by atoms with E-state index in [9.17, 15) is 0 Å². The van der Waals surface area contributed by atoms with E-state index in [4.69, 9.17) is 15.7 Å². The number of unbranched alkanes of at least 4 members (excludes halogenated alkanes) is 3. The third-order valence-corrected chi connectivity index (χ3v) is 3.02. The molecule has 0 saturated carbocycles. The van der Waals surface area contributed by atoms with E-state index >= 15 is 0 Å². The van der Waals surface area contributed by atoms with Gasteiger partial charge in [0, 0.05) is 0 Å². The molecular weight excluding hydrogens is 244 g/mol. The Morgan fingerprint density at radius 2 is 2.00 bits per heavy atom. The Morgan fingerprint density at radius 1 is 1.26 bits per heavy atom. The molecule has 0 spiro atoms. The van der Waals surface area contributed by atoms with Gasteiger partial charge in [-0.25, -0.2) is 0 Å². The predicted octanol–water partition coefficient (Wildman–Crippen LogP) is 2.15. The van der Waals surface area contributed by atoms with Crippen LogP contribution < -0.4 is 10.5 Å². The molecule has 0 aromatic carbocycles. The Labute approximate surface area is 113 Å². The van der Waals surface area contributed by atoms with E-state index in [1.54, 1.807) is 0 Å². The van der Waals surface area contributed by atoms with Crippen molar-refractivity contribution in [2.45, 2.75) is 46.5 Å². The number of nitrogens with zero attached hydrogens (tertiary/aromatic N) is 3. The monoisotopic (exact) mass is 266 g/mol. The normalized spacial score (nSPS) is 11.6. The van der Waals surface area contributed by atoms with E-state index in [1.807, 2.05) is 13.8 Å². The third kappa shape index (κ3) is 4.08. The molecular formula is C13H22N4O2. The number of rotatable bonds is 7. The highest BCUT2D eigenvalue weighted by molar-refractivity contribution is 6.00. The quantitative estimate of drug-likeness (QED) is 0.259. The molecule has 6 heteroatoms. The first kappa shape index (κ1) is 15.2. The van der Waals surface area contributed by atoms with Gasteiger partial charge in [0.2, 0.25) is 5.88 Å². The second-order valence-corrected chi connectivity index (χ2v) is 4.48. The Hall–Kier alpha value is -1.85. The van der Waals surface area contributed by atoms with Gasteiger partial charge in [-0.3, -0.25) is 0 Å². The van der Waals surface area contributed by atoms with Gasteiger partial charge in [0.15, 0.2) is 5.84 Å². The van der Waals surface area contributed by atoms with Crippen LogP contribution in [0, 0.1) is 13.8 Å². The first-order valence-corrected chi connectivity index (χ1v) is 6.56. The molecule has 0 radical (unpaired) electrons. The maximum absolute atomic E-state index is 8.83. The van der Waals surface area contributed by atoms with E-state index in [1.165, 1.54) is 12.8 Å². The van der Waals surface area contributed by atoms with E-state index < -0.39 is 0 Å². The van der Waals surface area contributed by atoms with E-state index in [-0.39, 0.29) is 5.84 Å². The lowest BCUT2D eigenvalue weighted by Gasteiger charge is -2.12. The lowest BCUT2D eigenvalue weighted by molar-refractivity contribution is 0.288. The Morgan fingerprint density at radius 3 is 2.63 bits per heavy atom. The van der Waals surface area contributed by atoms with E-state index in [2.05, 4.69) is 22.3 Å². The number of aromatic nitrogens is 2. The average Bonchev–Trinajstić information content (AvgIpc) is 2.41. The smallest absolute Gasteiger partial charge is 0.244 e. The summed E-state index contributed by atoms with van der Waals surface area (Å²) >= 11 is 0. The molecule has 3 N–H and O–H groups in total. The van der Waals surface area contributed by atoms with Crippen molar-refractivity contribution in [2.24, 2.45) is 10.9 Å². The van der Waals surface area contributed by atoms with Gasteiger partial charge in [-0.15, -0.1) is 5.10 Å². The maximum Gasteiger partial charge on any atom is 0.244 e. The van der Waals surface area contributed by atoms with Crippen molar-refractivity contribution in [2.75, 3.05) is 6.61 Å². The fraction of sp³-hybridized carbons (Fsp3) is 0.615. The second kappa shape index (κ2) is 7.56. The van der Waals surface area contributed by atoms with Crippen LogP contribution in [0.25, 0.3) is 0 Å². The summed E-state index contributed by atoms with van der Waals surface area (Å²) in [6, 6.07) is 0. The molecule has 19 heavy (non-hydrogen) atoms. The summed E-state index contributed by atoms with van der Waals surface area (Å²) in [6.07, 6.45) is 4.44. The average molecular weight is 266 g/mol. The maximum atomic E-state index is 8.83. The van der Waals surface area contributed by atoms with Gasteiger partial charge in [0.25, 0.3) is 0 Å². The Bertz CT molecular complexity index is 447. The molecule has 0 aliphatic heterocycles. The Kier molecular flexibility index (Phi) is 6.05. The van der Waals surface area contributed by atoms with Crippen LogP contribution in [0.4, 0.5) is 0 Å². The van der Waals surface area contributed by atoms with Gasteiger partial charge in [-0.05, 0) is 25.8 Å². The zero-order valence-electron chi connectivity index (χ0n) is 11.8. The van der Waals surface area contributed by atoms with Crippen LogP contribution in [-0.4, -0.2) is 27.8 Å². The van der Waals surface area contributed by atoms with Gasteiger partial charge in [-0.1, -0.05) is 31.3 Å². The lowest BCUT2D eigenvalue weighted by Crippen LogP contribution is -2.19. The van der Waals surface area contributed by atoms with Gasteiger partial charge in [0.05, 0.1) is 17.9 Å². The predicted molar refractivity (Wildman–Crippen MR) is 73.7 cm³/mol. The zero-order valence-corrected chi connectivity index (χ0v) is 11.8. The fourth-order valence-electron chi connectivity index (χ4n) is 1.74. The van der Waals surface area contributed by atoms with Gasteiger partial charge in [-0.2, -0.15) is 5.10 Å². The molecule has 0 unspecified atom stereocenters. The number of ether oxygens (including phenoxy) is 1.